The molecule has 0 radical (unpaired) electrons. The van der Waals surface area contributed by atoms with E-state index < -0.39 is 23.8 Å². The number of benzene rings is 2. The summed E-state index contributed by atoms with van der Waals surface area (Å²) in [6.07, 6.45) is 1.89. The second kappa shape index (κ2) is 14.5. The van der Waals surface area contributed by atoms with Crippen molar-refractivity contribution in [2.24, 2.45) is 0 Å². The lowest BCUT2D eigenvalue weighted by atomic mass is 10.0. The van der Waals surface area contributed by atoms with E-state index in [1.807, 2.05) is 60.7 Å². The van der Waals surface area contributed by atoms with E-state index in [0.717, 1.165) is 24.8 Å². The van der Waals surface area contributed by atoms with E-state index in [-0.39, 0.29) is 17.6 Å². The van der Waals surface area contributed by atoms with Crippen LogP contribution >= 0.6 is 12.6 Å². The van der Waals surface area contributed by atoms with E-state index >= 15 is 0 Å². The molecule has 2 unspecified atom stereocenters. The highest BCUT2D eigenvalue weighted by Crippen LogP contribution is 2.24. The largest absolute Gasteiger partial charge is 0.444 e. The zero-order valence-electron chi connectivity index (χ0n) is 21.7. The molecule has 0 saturated heterocycles. The van der Waals surface area contributed by atoms with Crippen LogP contribution < -0.4 is 10.6 Å². The summed E-state index contributed by atoms with van der Waals surface area (Å²) in [5.74, 6) is -0.601. The number of rotatable bonds is 12. The van der Waals surface area contributed by atoms with Crippen molar-refractivity contribution < 1.29 is 19.1 Å². The fourth-order valence-electron chi connectivity index (χ4n) is 3.72. The van der Waals surface area contributed by atoms with Crippen LogP contribution in [0.5, 0.6) is 0 Å². The first-order chi connectivity index (χ1) is 17.2. The fourth-order valence-corrected chi connectivity index (χ4v) is 3.97. The van der Waals surface area contributed by atoms with Gasteiger partial charge < -0.3 is 20.3 Å². The Morgan fingerprint density at radius 1 is 0.972 bits per heavy atom. The van der Waals surface area contributed by atoms with Crippen molar-refractivity contribution in [2.45, 2.75) is 71.2 Å². The summed E-state index contributed by atoms with van der Waals surface area (Å²) < 4.78 is 5.34. The summed E-state index contributed by atoms with van der Waals surface area (Å²) in [4.78, 5) is 41.4. The number of carbonyl (C=O) groups excluding carboxylic acids is 3. The van der Waals surface area contributed by atoms with Crippen molar-refractivity contribution >= 4 is 30.5 Å². The van der Waals surface area contributed by atoms with E-state index in [4.69, 9.17) is 4.74 Å². The Kier molecular flexibility index (Phi) is 11.8. The molecule has 2 aromatic carbocycles. The second-order valence-corrected chi connectivity index (χ2v) is 10.0. The molecule has 196 valence electrons. The lowest BCUT2D eigenvalue weighted by Gasteiger charge is -2.34. The summed E-state index contributed by atoms with van der Waals surface area (Å²) in [7, 11) is 0. The van der Waals surface area contributed by atoms with Crippen molar-refractivity contribution in [2.75, 3.05) is 12.3 Å². The molecule has 0 spiro atoms. The predicted molar refractivity (Wildman–Crippen MR) is 146 cm³/mol. The first-order valence-electron chi connectivity index (χ1n) is 12.4. The molecular weight excluding hydrogens is 474 g/mol. The number of nitrogens with one attached hydrogen (secondary N) is 2. The lowest BCUT2D eigenvalue weighted by molar-refractivity contribution is -0.142. The van der Waals surface area contributed by atoms with Crippen LogP contribution in [-0.4, -0.2) is 46.7 Å². The maximum atomic E-state index is 13.8. The van der Waals surface area contributed by atoms with Gasteiger partial charge in [0, 0.05) is 18.8 Å². The molecule has 0 aliphatic rings. The molecule has 0 fully saturated rings. The third-order valence-corrected chi connectivity index (χ3v) is 5.81. The first-order valence-corrected chi connectivity index (χ1v) is 13.1. The van der Waals surface area contributed by atoms with Gasteiger partial charge in [-0.3, -0.25) is 9.59 Å². The van der Waals surface area contributed by atoms with Gasteiger partial charge in [0.25, 0.3) is 0 Å². The van der Waals surface area contributed by atoms with Crippen molar-refractivity contribution in [3.8, 4) is 0 Å². The summed E-state index contributed by atoms with van der Waals surface area (Å²) in [6, 6.07) is 17.0. The Hall–Kier alpha value is -3.00. The molecule has 2 aromatic rings. The molecule has 8 heteroatoms. The SMILES string of the molecule is CCCCCN(C(=O)C(CS)NC(=O)OC(C)(C)C)C(C(=O)NCc1ccccc1)c1ccccc1. The normalized spacial score (nSPS) is 12.8. The van der Waals surface area contributed by atoms with Gasteiger partial charge >= 0.3 is 6.09 Å². The maximum Gasteiger partial charge on any atom is 0.408 e. The number of thiol groups is 1. The number of nitrogens with zero attached hydrogens (tertiary/aromatic N) is 1. The molecule has 3 amide bonds. The Labute approximate surface area is 220 Å². The maximum absolute atomic E-state index is 13.8. The van der Waals surface area contributed by atoms with Gasteiger partial charge in [-0.25, -0.2) is 4.79 Å². The van der Waals surface area contributed by atoms with Crippen LogP contribution in [0.25, 0.3) is 0 Å². The minimum Gasteiger partial charge on any atom is -0.444 e. The molecular formula is C28H39N3O4S. The molecule has 0 aliphatic carbocycles. The van der Waals surface area contributed by atoms with Crippen LogP contribution in [0.4, 0.5) is 4.79 Å². The van der Waals surface area contributed by atoms with Crippen LogP contribution in [0.1, 0.15) is 64.1 Å². The molecule has 2 N–H and O–H groups in total. The van der Waals surface area contributed by atoms with Gasteiger partial charge in [0.2, 0.25) is 11.8 Å². The van der Waals surface area contributed by atoms with Crippen molar-refractivity contribution in [1.29, 1.82) is 0 Å². The first kappa shape index (κ1) is 29.2. The summed E-state index contributed by atoms with van der Waals surface area (Å²) in [5, 5.41) is 5.62. The Morgan fingerprint density at radius 2 is 1.58 bits per heavy atom. The summed E-state index contributed by atoms with van der Waals surface area (Å²) >= 11 is 4.32. The van der Waals surface area contributed by atoms with E-state index in [9.17, 15) is 14.4 Å². The van der Waals surface area contributed by atoms with Crippen molar-refractivity contribution in [3.63, 3.8) is 0 Å². The smallest absolute Gasteiger partial charge is 0.408 e. The molecule has 0 aliphatic heterocycles. The Bertz CT molecular complexity index is 964. The number of amides is 3. The van der Waals surface area contributed by atoms with Gasteiger partial charge in [0.1, 0.15) is 17.7 Å². The van der Waals surface area contributed by atoms with Crippen LogP contribution in [0.15, 0.2) is 60.7 Å². The minimum absolute atomic E-state index is 0.0650. The summed E-state index contributed by atoms with van der Waals surface area (Å²) in [5.41, 5.74) is 0.948. The molecule has 36 heavy (non-hydrogen) atoms. The zero-order chi connectivity index (χ0) is 26.6. The van der Waals surface area contributed by atoms with Crippen LogP contribution in [0.3, 0.4) is 0 Å². The van der Waals surface area contributed by atoms with E-state index in [0.29, 0.717) is 18.7 Å². The predicted octanol–water partition coefficient (Wildman–Crippen LogP) is 4.89. The highest BCUT2D eigenvalue weighted by atomic mass is 32.1. The van der Waals surface area contributed by atoms with Gasteiger partial charge in [0.05, 0.1) is 0 Å². The van der Waals surface area contributed by atoms with Crippen molar-refractivity contribution in [1.82, 2.24) is 15.5 Å². The highest BCUT2D eigenvalue weighted by molar-refractivity contribution is 7.80. The Morgan fingerprint density at radius 3 is 2.14 bits per heavy atom. The molecule has 0 bridgehead atoms. The van der Waals surface area contributed by atoms with Gasteiger partial charge in [0.15, 0.2) is 0 Å². The standard InChI is InChI=1S/C28H39N3O4S/c1-5-6-13-18-31(26(33)23(20-36)30-27(34)35-28(2,3)4)24(22-16-11-8-12-17-22)25(32)29-19-21-14-9-7-10-15-21/h7-12,14-17,23-24,36H,5-6,13,18-20H2,1-4H3,(H,29,32)(H,30,34). The van der Waals surface area contributed by atoms with Crippen molar-refractivity contribution in [3.05, 3.63) is 71.8 Å². The van der Waals surface area contributed by atoms with E-state index in [1.165, 1.54) is 0 Å². The molecule has 7 nitrogen and oxygen atoms in total. The minimum atomic E-state index is -0.946. The van der Waals surface area contributed by atoms with Gasteiger partial charge in [-0.15, -0.1) is 0 Å². The number of hydrogen-bond donors (Lipinski definition) is 3. The van der Waals surface area contributed by atoms with E-state index in [1.54, 1.807) is 25.7 Å². The van der Waals surface area contributed by atoms with Gasteiger partial charge in [-0.1, -0.05) is 80.4 Å². The Balaban J connectivity index is 2.34. The highest BCUT2D eigenvalue weighted by Gasteiger charge is 2.35. The molecule has 0 heterocycles. The molecule has 0 saturated carbocycles. The van der Waals surface area contributed by atoms with Crippen LogP contribution in [0.2, 0.25) is 0 Å². The number of carbonyl (C=O) groups is 3. The zero-order valence-corrected chi connectivity index (χ0v) is 22.6. The third-order valence-electron chi connectivity index (χ3n) is 5.44. The van der Waals surface area contributed by atoms with Crippen LogP contribution in [-0.2, 0) is 20.9 Å². The topological polar surface area (TPSA) is 87.7 Å². The molecule has 0 aromatic heterocycles. The van der Waals surface area contributed by atoms with E-state index in [2.05, 4.69) is 30.2 Å². The number of hydrogen-bond acceptors (Lipinski definition) is 5. The molecule has 2 rings (SSSR count). The molecule has 2 atom stereocenters. The summed E-state index contributed by atoms with van der Waals surface area (Å²) in [6.45, 7) is 8.04. The monoisotopic (exact) mass is 513 g/mol. The number of alkyl carbamates (subject to hydrolysis) is 1. The average Bonchev–Trinajstić information content (AvgIpc) is 2.85. The van der Waals surface area contributed by atoms with Crippen LogP contribution in [0, 0.1) is 0 Å². The lowest BCUT2D eigenvalue weighted by Crippen LogP contribution is -2.54. The average molecular weight is 514 g/mol. The number of unbranched alkanes of at least 4 members (excludes halogenated alkanes) is 2. The quantitative estimate of drug-likeness (QED) is 0.279. The van der Waals surface area contributed by atoms with Gasteiger partial charge in [-0.2, -0.15) is 12.6 Å². The van der Waals surface area contributed by atoms with Gasteiger partial charge in [-0.05, 0) is 38.3 Å². The fraction of sp³-hybridized carbons (Fsp3) is 0.464. The second-order valence-electron chi connectivity index (χ2n) is 9.64. The number of ether oxygens (including phenoxy) is 1. The third kappa shape index (κ3) is 9.57.